The lowest BCUT2D eigenvalue weighted by molar-refractivity contribution is -0.241. The van der Waals surface area contributed by atoms with Crippen LogP contribution in [0.3, 0.4) is 0 Å². The summed E-state index contributed by atoms with van der Waals surface area (Å²) in [7, 11) is 0. The van der Waals surface area contributed by atoms with Crippen molar-refractivity contribution in [3.05, 3.63) is 0 Å². The monoisotopic (exact) mass is 630 g/mol. The number of aliphatic hydroxyl groups is 13. The van der Waals surface area contributed by atoms with Crippen LogP contribution in [0.1, 0.15) is 38.5 Å². The van der Waals surface area contributed by atoms with Crippen LogP contribution in [0, 0.1) is 11.8 Å². The zero-order valence-electron chi connectivity index (χ0n) is 23.9. The van der Waals surface area contributed by atoms with Gasteiger partial charge in [-0.1, -0.05) is 0 Å². The Bertz CT molecular complexity index is 809. The maximum absolute atomic E-state index is 10.6. The molecule has 13 N–H and O–H groups in total. The molecule has 9 unspecified atom stereocenters. The molecule has 254 valence electrons. The fourth-order valence-corrected chi connectivity index (χ4v) is 6.37. The molecule has 0 amide bonds. The van der Waals surface area contributed by atoms with E-state index in [-0.39, 0.29) is 31.6 Å². The van der Waals surface area contributed by atoms with Crippen LogP contribution in [-0.4, -0.2) is 184 Å². The third-order valence-corrected chi connectivity index (χ3v) is 9.07. The minimum atomic E-state index is -1.85. The quantitative estimate of drug-likeness (QED) is 0.0801. The highest BCUT2D eigenvalue weighted by atomic mass is 16.6. The molecule has 0 aromatic rings. The topological polar surface area (TPSA) is 291 Å². The normalized spacial score (nSPS) is 39.1. The van der Waals surface area contributed by atoms with Crippen LogP contribution in [-0.2, 0) is 14.2 Å². The van der Waals surface area contributed by atoms with Gasteiger partial charge in [-0.05, 0) is 44.4 Å². The van der Waals surface area contributed by atoms with E-state index in [0.717, 1.165) is 0 Å². The van der Waals surface area contributed by atoms with E-state index >= 15 is 0 Å². The SMILES string of the molecule is OC[C@@H](O)[C@@H](O)[C@H](O)[C@@H](O)COC1CC(O)CC2OC(C3CCC(O)C(O)C3)C(OC[C@H](O)[C@@H](O)[C@H](O)[C@H](O)CO)CC12. The van der Waals surface area contributed by atoms with E-state index in [1.807, 2.05) is 0 Å². The van der Waals surface area contributed by atoms with Crippen molar-refractivity contribution in [2.24, 2.45) is 11.8 Å². The number of ether oxygens (including phenoxy) is 3. The molecule has 3 fully saturated rings. The van der Waals surface area contributed by atoms with Crippen LogP contribution in [0.5, 0.6) is 0 Å². The highest BCUT2D eigenvalue weighted by molar-refractivity contribution is 4.99. The molecule has 16 heteroatoms. The fraction of sp³-hybridized carbons (Fsp3) is 1.00. The summed E-state index contributed by atoms with van der Waals surface area (Å²) < 4.78 is 18.3. The second kappa shape index (κ2) is 16.8. The van der Waals surface area contributed by atoms with Gasteiger partial charge in [0.15, 0.2) is 0 Å². The zero-order chi connectivity index (χ0) is 32.0. The molecule has 1 saturated heterocycles. The van der Waals surface area contributed by atoms with Gasteiger partial charge in [0, 0.05) is 5.92 Å². The molecular formula is C27H50O16. The first-order chi connectivity index (χ1) is 20.3. The summed E-state index contributed by atoms with van der Waals surface area (Å²) in [5, 5.41) is 129. The first-order valence-corrected chi connectivity index (χ1v) is 14.9. The largest absolute Gasteiger partial charge is 0.394 e. The second-order valence-corrected chi connectivity index (χ2v) is 12.2. The van der Waals surface area contributed by atoms with Crippen LogP contribution in [0.15, 0.2) is 0 Å². The molecule has 0 bridgehead atoms. The average molecular weight is 631 g/mol. The van der Waals surface area contributed by atoms with E-state index in [1.54, 1.807) is 0 Å². The smallest absolute Gasteiger partial charge is 0.111 e. The Morgan fingerprint density at radius 3 is 1.60 bits per heavy atom. The van der Waals surface area contributed by atoms with Crippen molar-refractivity contribution in [3.63, 3.8) is 0 Å². The minimum Gasteiger partial charge on any atom is -0.394 e. The van der Waals surface area contributed by atoms with E-state index in [9.17, 15) is 56.2 Å². The summed E-state index contributed by atoms with van der Waals surface area (Å²) in [6.45, 7) is -2.67. The van der Waals surface area contributed by atoms with E-state index < -0.39 is 124 Å². The highest BCUT2D eigenvalue weighted by Gasteiger charge is 2.50. The van der Waals surface area contributed by atoms with Crippen LogP contribution < -0.4 is 0 Å². The summed E-state index contributed by atoms with van der Waals surface area (Å²) in [6.07, 6.45) is -17.9. The van der Waals surface area contributed by atoms with Gasteiger partial charge >= 0.3 is 0 Å². The van der Waals surface area contributed by atoms with Gasteiger partial charge in [-0.25, -0.2) is 0 Å². The lowest BCUT2D eigenvalue weighted by atomic mass is 9.72. The van der Waals surface area contributed by atoms with Gasteiger partial charge < -0.3 is 80.6 Å². The summed E-state index contributed by atoms with van der Waals surface area (Å²) in [5.41, 5.74) is 0. The van der Waals surface area contributed by atoms with E-state index in [1.165, 1.54) is 0 Å². The second-order valence-electron chi connectivity index (χ2n) is 12.2. The standard InChI is InChI=1S/C27H50O16/c28-7-16(33)23(37)25(39)18(35)9-41-20-4-12(30)5-21-13(20)6-22(27(43-21)11-1-2-14(31)15(32)3-11)42-10-19(36)26(40)24(38)17(34)8-29/h11-40H,1-10H2/t11?,12?,13?,14?,15?,16-,17-,18+,19+,20?,21?,22?,23-,24-,25-,26-,27?/m1/s1. The third kappa shape index (κ3) is 9.45. The van der Waals surface area contributed by atoms with Gasteiger partial charge in [-0.2, -0.15) is 0 Å². The first-order valence-electron chi connectivity index (χ1n) is 14.9. The summed E-state index contributed by atoms with van der Waals surface area (Å²) in [5.74, 6) is -0.701. The number of aliphatic hydroxyl groups excluding tert-OH is 13. The Kier molecular flexibility index (Phi) is 14.4. The maximum Gasteiger partial charge on any atom is 0.111 e. The third-order valence-electron chi connectivity index (χ3n) is 9.07. The Hall–Kier alpha value is -0.640. The average Bonchev–Trinajstić information content (AvgIpc) is 3.00. The van der Waals surface area contributed by atoms with Crippen molar-refractivity contribution in [1.82, 2.24) is 0 Å². The molecule has 1 aliphatic heterocycles. The Labute approximate surface area is 249 Å². The van der Waals surface area contributed by atoms with Gasteiger partial charge in [0.2, 0.25) is 0 Å². The summed E-state index contributed by atoms with van der Waals surface area (Å²) in [6, 6.07) is 0. The lowest BCUT2D eigenvalue weighted by Crippen LogP contribution is -2.58. The number of rotatable bonds is 15. The minimum absolute atomic E-state index is 0.132. The van der Waals surface area contributed by atoms with Gasteiger partial charge in [-0.15, -0.1) is 0 Å². The molecule has 2 saturated carbocycles. The highest BCUT2D eigenvalue weighted by Crippen LogP contribution is 2.43. The number of hydrogen-bond donors (Lipinski definition) is 13. The van der Waals surface area contributed by atoms with E-state index in [2.05, 4.69) is 0 Å². The molecule has 0 aromatic carbocycles. The molecule has 0 radical (unpaired) electrons. The number of fused-ring (bicyclic) bond motifs is 1. The van der Waals surface area contributed by atoms with Crippen LogP contribution >= 0.6 is 0 Å². The predicted molar refractivity (Wildman–Crippen MR) is 143 cm³/mol. The summed E-state index contributed by atoms with van der Waals surface area (Å²) >= 11 is 0. The number of hydrogen-bond acceptors (Lipinski definition) is 16. The fourth-order valence-electron chi connectivity index (χ4n) is 6.37. The first kappa shape index (κ1) is 36.8. The van der Waals surface area contributed by atoms with E-state index in [4.69, 9.17) is 24.4 Å². The lowest BCUT2D eigenvalue weighted by Gasteiger charge is -2.50. The van der Waals surface area contributed by atoms with Crippen molar-refractivity contribution in [2.75, 3.05) is 26.4 Å². The maximum atomic E-state index is 10.6. The molecule has 1 heterocycles. The van der Waals surface area contributed by atoms with E-state index in [0.29, 0.717) is 12.8 Å². The molecule has 16 nitrogen and oxygen atoms in total. The predicted octanol–water partition coefficient (Wildman–Crippen LogP) is -5.92. The van der Waals surface area contributed by atoms with Crippen molar-refractivity contribution < 1.29 is 80.6 Å². The van der Waals surface area contributed by atoms with Gasteiger partial charge in [-0.3, -0.25) is 0 Å². The zero-order valence-corrected chi connectivity index (χ0v) is 23.9. The Morgan fingerprint density at radius 2 is 1.09 bits per heavy atom. The van der Waals surface area contributed by atoms with Crippen molar-refractivity contribution >= 4 is 0 Å². The van der Waals surface area contributed by atoms with Crippen molar-refractivity contribution in [2.45, 2.75) is 130 Å². The molecule has 17 atom stereocenters. The Balaban J connectivity index is 1.73. The molecular weight excluding hydrogens is 580 g/mol. The van der Waals surface area contributed by atoms with Crippen LogP contribution in [0.25, 0.3) is 0 Å². The molecule has 2 aliphatic carbocycles. The molecule has 3 aliphatic rings. The molecule has 43 heavy (non-hydrogen) atoms. The van der Waals surface area contributed by atoms with Crippen LogP contribution in [0.4, 0.5) is 0 Å². The van der Waals surface area contributed by atoms with Crippen LogP contribution in [0.2, 0.25) is 0 Å². The molecule has 0 aromatic heterocycles. The Morgan fingerprint density at radius 1 is 0.581 bits per heavy atom. The van der Waals surface area contributed by atoms with Gasteiger partial charge in [0.1, 0.15) is 48.8 Å². The van der Waals surface area contributed by atoms with Gasteiger partial charge in [0.25, 0.3) is 0 Å². The van der Waals surface area contributed by atoms with Crippen molar-refractivity contribution in [3.8, 4) is 0 Å². The molecule has 3 rings (SSSR count). The van der Waals surface area contributed by atoms with Gasteiger partial charge in [0.05, 0.1) is 69.2 Å². The van der Waals surface area contributed by atoms with Crippen molar-refractivity contribution in [1.29, 1.82) is 0 Å². The summed E-state index contributed by atoms with van der Waals surface area (Å²) in [4.78, 5) is 0. The molecule has 0 spiro atoms.